The van der Waals surface area contributed by atoms with Crippen LogP contribution in [0, 0.1) is 12.2 Å². The van der Waals surface area contributed by atoms with Crippen molar-refractivity contribution in [3.05, 3.63) is 59.5 Å². The number of amides is 1. The van der Waals surface area contributed by atoms with Gasteiger partial charge in [0.1, 0.15) is 5.75 Å². The molecule has 4 nitrogen and oxygen atoms in total. The molecule has 1 radical (unpaired) electrons. The lowest BCUT2D eigenvalue weighted by atomic mass is 10.1. The van der Waals surface area contributed by atoms with Crippen LogP contribution < -0.4 is 10.5 Å². The molecule has 0 unspecified atom stereocenters. The summed E-state index contributed by atoms with van der Waals surface area (Å²) in [7, 11) is 0. The fraction of sp³-hybridized carbons (Fsp3) is 0.0714. The van der Waals surface area contributed by atoms with E-state index in [4.69, 9.17) is 22.1 Å². The van der Waals surface area contributed by atoms with Gasteiger partial charge in [0.15, 0.2) is 11.6 Å². The van der Waals surface area contributed by atoms with Crippen molar-refractivity contribution in [2.24, 2.45) is 5.73 Å². The molecule has 0 atom stereocenters. The lowest BCUT2D eigenvalue weighted by molar-refractivity contribution is -0.117. The maximum atomic E-state index is 14.3. The summed E-state index contributed by atoms with van der Waals surface area (Å²) in [5, 5.41) is 0.135. The average molecular weight is 294 g/mol. The summed E-state index contributed by atoms with van der Waals surface area (Å²) in [5.74, 6) is -0.879. The van der Waals surface area contributed by atoms with Crippen LogP contribution in [0.4, 0.5) is 4.39 Å². The summed E-state index contributed by atoms with van der Waals surface area (Å²) in [6, 6.07) is 6.11. The summed E-state index contributed by atoms with van der Waals surface area (Å²) >= 11 is 5.93. The maximum absolute atomic E-state index is 14.3. The molecular weight excluding hydrogens is 283 g/mol. The molecule has 0 aliphatic carbocycles. The van der Waals surface area contributed by atoms with Crippen molar-refractivity contribution in [1.29, 1.82) is 0 Å². The number of aromatic nitrogens is 1. The Balaban J connectivity index is 2.27. The molecule has 2 N–H and O–H groups in total. The van der Waals surface area contributed by atoms with Crippen LogP contribution in [0.1, 0.15) is 12.0 Å². The van der Waals surface area contributed by atoms with E-state index >= 15 is 0 Å². The molecule has 0 aliphatic rings. The molecule has 1 amide bonds. The number of hydrogen-bond acceptors (Lipinski definition) is 3. The van der Waals surface area contributed by atoms with Crippen molar-refractivity contribution in [2.75, 3.05) is 0 Å². The van der Waals surface area contributed by atoms with Crippen molar-refractivity contribution in [1.82, 2.24) is 4.98 Å². The number of primary amides is 1. The van der Waals surface area contributed by atoms with E-state index in [0.717, 1.165) is 0 Å². The van der Waals surface area contributed by atoms with Gasteiger partial charge in [-0.1, -0.05) is 17.7 Å². The third-order valence-corrected chi connectivity index (χ3v) is 2.77. The number of ether oxygens (including phenoxy) is 1. The van der Waals surface area contributed by atoms with Gasteiger partial charge in [-0.25, -0.2) is 4.39 Å². The van der Waals surface area contributed by atoms with E-state index in [9.17, 15) is 9.18 Å². The van der Waals surface area contributed by atoms with E-state index < -0.39 is 11.7 Å². The highest BCUT2D eigenvalue weighted by atomic mass is 35.5. The second-order valence-electron chi connectivity index (χ2n) is 3.94. The number of pyridine rings is 1. The Hall–Kier alpha value is -2.14. The molecule has 0 aliphatic heterocycles. The first-order valence-corrected chi connectivity index (χ1v) is 6.13. The molecule has 1 aromatic heterocycles. The minimum absolute atomic E-state index is 0.0623. The van der Waals surface area contributed by atoms with Crippen LogP contribution in [0.5, 0.6) is 11.5 Å². The number of halogens is 2. The molecule has 0 saturated heterocycles. The quantitative estimate of drug-likeness (QED) is 0.921. The zero-order valence-corrected chi connectivity index (χ0v) is 11.1. The van der Waals surface area contributed by atoms with E-state index in [-0.39, 0.29) is 22.8 Å². The Kier molecular flexibility index (Phi) is 4.53. The van der Waals surface area contributed by atoms with Gasteiger partial charge < -0.3 is 10.5 Å². The topological polar surface area (TPSA) is 65.2 Å². The van der Waals surface area contributed by atoms with Gasteiger partial charge in [0, 0.05) is 25.2 Å². The van der Waals surface area contributed by atoms with Gasteiger partial charge in [-0.3, -0.25) is 9.78 Å². The normalized spacial score (nSPS) is 10.3. The van der Waals surface area contributed by atoms with Gasteiger partial charge in [-0.05, 0) is 23.8 Å². The summed E-state index contributed by atoms with van der Waals surface area (Å²) in [5.41, 5.74) is 5.23. The molecule has 2 rings (SSSR count). The molecule has 0 spiro atoms. The van der Waals surface area contributed by atoms with Gasteiger partial charge in [0.25, 0.3) is 0 Å². The Morgan fingerprint density at radius 2 is 2.05 bits per heavy atom. The molecule has 6 heteroatoms. The monoisotopic (exact) mass is 293 g/mol. The second-order valence-corrected chi connectivity index (χ2v) is 4.35. The fourth-order valence-electron chi connectivity index (χ4n) is 1.53. The summed E-state index contributed by atoms with van der Waals surface area (Å²) in [6.07, 6.45) is 4.36. The first-order valence-electron chi connectivity index (χ1n) is 5.75. The largest absolute Gasteiger partial charge is 0.453 e. The van der Waals surface area contributed by atoms with Crippen molar-refractivity contribution < 1.29 is 13.9 Å². The molecule has 1 aromatic carbocycles. The number of nitrogens with zero attached hydrogens (tertiary/aromatic N) is 1. The lowest BCUT2D eigenvalue weighted by Gasteiger charge is -2.11. The zero-order valence-electron chi connectivity index (χ0n) is 10.3. The predicted octanol–water partition coefficient (Wildman–Crippen LogP) is 3.09. The van der Waals surface area contributed by atoms with Crippen molar-refractivity contribution >= 4 is 17.5 Å². The lowest BCUT2D eigenvalue weighted by Crippen LogP contribution is -2.10. The van der Waals surface area contributed by atoms with Crippen LogP contribution in [0.2, 0.25) is 5.02 Å². The summed E-state index contributed by atoms with van der Waals surface area (Å²) < 4.78 is 19.7. The number of carbonyl (C=O) groups excluding carboxylic acids is 1. The van der Waals surface area contributed by atoms with Crippen LogP contribution in [0.25, 0.3) is 0 Å². The highest BCUT2D eigenvalue weighted by molar-refractivity contribution is 6.32. The van der Waals surface area contributed by atoms with E-state index in [1.54, 1.807) is 12.1 Å². The van der Waals surface area contributed by atoms with Crippen LogP contribution in [0.15, 0.2) is 36.7 Å². The van der Waals surface area contributed by atoms with Crippen LogP contribution in [0.3, 0.4) is 0 Å². The standard InChI is InChI=1S/C14H11ClFN2O2/c15-11-3-1-9(2-4-12(17)19)13(16)14(11)20-10-5-7-18-8-6-10/h1-3,5-8H,4H2,(H2,17,19). The first kappa shape index (κ1) is 14.3. The third-order valence-electron chi connectivity index (χ3n) is 2.47. The molecule has 0 bridgehead atoms. The zero-order chi connectivity index (χ0) is 14.5. The minimum atomic E-state index is -0.643. The molecule has 103 valence electrons. The third kappa shape index (κ3) is 3.45. The molecule has 0 saturated carbocycles. The van der Waals surface area contributed by atoms with E-state index in [1.165, 1.54) is 30.9 Å². The molecule has 2 aromatic rings. The summed E-state index contributed by atoms with van der Waals surface area (Å²) in [4.78, 5) is 14.6. The Morgan fingerprint density at radius 3 is 2.70 bits per heavy atom. The number of carbonyl (C=O) groups is 1. The smallest absolute Gasteiger partial charge is 0.218 e. The van der Waals surface area contributed by atoms with Gasteiger partial charge in [0.2, 0.25) is 5.91 Å². The average Bonchev–Trinajstić information content (AvgIpc) is 2.43. The fourth-order valence-corrected chi connectivity index (χ4v) is 1.72. The molecule has 1 heterocycles. The summed E-state index contributed by atoms with van der Waals surface area (Å²) in [6.45, 7) is 0. The Labute approximate surface area is 120 Å². The Morgan fingerprint density at radius 1 is 1.35 bits per heavy atom. The number of benzene rings is 1. The highest BCUT2D eigenvalue weighted by Gasteiger charge is 2.15. The number of rotatable bonds is 5. The SMILES string of the molecule is NC(=O)C[CH]c1ccc(Cl)c(Oc2ccncc2)c1F. The van der Waals surface area contributed by atoms with Gasteiger partial charge >= 0.3 is 0 Å². The van der Waals surface area contributed by atoms with Crippen LogP contribution in [-0.4, -0.2) is 10.9 Å². The van der Waals surface area contributed by atoms with E-state index in [2.05, 4.69) is 4.98 Å². The van der Waals surface area contributed by atoms with Gasteiger partial charge in [-0.15, -0.1) is 0 Å². The predicted molar refractivity (Wildman–Crippen MR) is 72.9 cm³/mol. The van der Waals surface area contributed by atoms with Gasteiger partial charge in [-0.2, -0.15) is 0 Å². The van der Waals surface area contributed by atoms with Crippen LogP contribution in [-0.2, 0) is 4.79 Å². The maximum Gasteiger partial charge on any atom is 0.218 e. The molecular formula is C14H11ClFN2O2. The first-order chi connectivity index (χ1) is 9.58. The molecule has 20 heavy (non-hydrogen) atoms. The van der Waals surface area contributed by atoms with Crippen molar-refractivity contribution in [3.8, 4) is 11.5 Å². The number of nitrogens with two attached hydrogens (primary N) is 1. The number of hydrogen-bond donors (Lipinski definition) is 1. The highest BCUT2D eigenvalue weighted by Crippen LogP contribution is 2.34. The van der Waals surface area contributed by atoms with E-state index in [0.29, 0.717) is 5.75 Å². The minimum Gasteiger partial charge on any atom is -0.453 e. The molecule has 0 fully saturated rings. The van der Waals surface area contributed by atoms with Crippen LogP contribution >= 0.6 is 11.6 Å². The Bertz CT molecular complexity index is 620. The van der Waals surface area contributed by atoms with Gasteiger partial charge in [0.05, 0.1) is 5.02 Å². The van der Waals surface area contributed by atoms with E-state index in [1.807, 2.05) is 0 Å². The van der Waals surface area contributed by atoms with Crippen molar-refractivity contribution in [2.45, 2.75) is 6.42 Å². The van der Waals surface area contributed by atoms with Crippen molar-refractivity contribution in [3.63, 3.8) is 0 Å². The second kappa shape index (κ2) is 6.34.